The lowest BCUT2D eigenvalue weighted by Gasteiger charge is -2.24. The minimum atomic E-state index is -0.837. The number of fused-ring (bicyclic) bond motifs is 1. The first-order valence-corrected chi connectivity index (χ1v) is 6.54. The molecule has 100 valence electrons. The molecule has 0 saturated heterocycles. The predicted molar refractivity (Wildman–Crippen MR) is 69.5 cm³/mol. The van der Waals surface area contributed by atoms with E-state index < -0.39 is 5.97 Å². The normalized spacial score (nSPS) is 21.3. The van der Waals surface area contributed by atoms with Gasteiger partial charge < -0.3 is 14.6 Å². The molecule has 1 N–H and O–H groups in total. The van der Waals surface area contributed by atoms with Gasteiger partial charge in [0.15, 0.2) is 11.5 Å². The number of rotatable bonds is 2. The van der Waals surface area contributed by atoms with Gasteiger partial charge in [-0.15, -0.1) is 0 Å². The smallest absolute Gasteiger partial charge is 0.328 e. The standard InChI is InChI=1S/C15H16O4/c16-15(17)7-10-1-3-11(4-2-10)12-5-6-13-14(8-12)19-9-18-13/h5-8,11H,1-4,9H2,(H,16,17). The fraction of sp³-hybridized carbons (Fsp3) is 0.400. The number of allylic oxidation sites excluding steroid dienone is 1. The summed E-state index contributed by atoms with van der Waals surface area (Å²) in [6.07, 6.45) is 5.09. The van der Waals surface area contributed by atoms with E-state index in [4.69, 9.17) is 14.6 Å². The molecule has 19 heavy (non-hydrogen) atoms. The third kappa shape index (κ3) is 2.57. The first kappa shape index (κ1) is 12.1. The van der Waals surface area contributed by atoms with Crippen molar-refractivity contribution < 1.29 is 19.4 Å². The van der Waals surface area contributed by atoms with Crippen molar-refractivity contribution in [1.29, 1.82) is 0 Å². The van der Waals surface area contributed by atoms with Crippen LogP contribution in [0.2, 0.25) is 0 Å². The van der Waals surface area contributed by atoms with Crippen LogP contribution in [0.3, 0.4) is 0 Å². The average molecular weight is 260 g/mol. The maximum absolute atomic E-state index is 10.6. The summed E-state index contributed by atoms with van der Waals surface area (Å²) in [5.74, 6) is 1.28. The van der Waals surface area contributed by atoms with E-state index in [1.807, 2.05) is 6.07 Å². The van der Waals surface area contributed by atoms with E-state index >= 15 is 0 Å². The van der Waals surface area contributed by atoms with Crippen LogP contribution in [0, 0.1) is 0 Å². The summed E-state index contributed by atoms with van der Waals surface area (Å²) in [5.41, 5.74) is 2.31. The van der Waals surface area contributed by atoms with Crippen LogP contribution in [0.1, 0.15) is 37.2 Å². The molecule has 1 aromatic rings. The SMILES string of the molecule is O=C(O)C=C1CCC(c2ccc3c(c2)OCO3)CC1. The zero-order valence-electron chi connectivity index (χ0n) is 10.6. The zero-order chi connectivity index (χ0) is 13.2. The van der Waals surface area contributed by atoms with Crippen LogP contribution in [0.25, 0.3) is 0 Å². The Labute approximate surface area is 111 Å². The van der Waals surface area contributed by atoms with Crippen LogP contribution in [0.4, 0.5) is 0 Å². The molecule has 1 heterocycles. The van der Waals surface area contributed by atoms with Crippen molar-refractivity contribution in [2.75, 3.05) is 6.79 Å². The topological polar surface area (TPSA) is 55.8 Å². The molecule has 1 aliphatic carbocycles. The van der Waals surface area contributed by atoms with Crippen LogP contribution in [-0.2, 0) is 4.79 Å². The van der Waals surface area contributed by atoms with Gasteiger partial charge in [-0.1, -0.05) is 11.6 Å². The predicted octanol–water partition coefficient (Wildman–Crippen LogP) is 3.08. The van der Waals surface area contributed by atoms with E-state index in [2.05, 4.69) is 12.1 Å². The second kappa shape index (κ2) is 4.96. The molecule has 0 bridgehead atoms. The molecule has 3 rings (SSSR count). The highest BCUT2D eigenvalue weighted by Crippen LogP contribution is 2.40. The number of carbonyl (C=O) groups is 1. The molecule has 0 radical (unpaired) electrons. The molecule has 2 aliphatic rings. The van der Waals surface area contributed by atoms with Crippen molar-refractivity contribution in [1.82, 2.24) is 0 Å². The molecule has 0 amide bonds. The second-order valence-corrected chi connectivity index (χ2v) is 5.03. The highest BCUT2D eigenvalue weighted by Gasteiger charge is 2.21. The van der Waals surface area contributed by atoms with Gasteiger partial charge in [0, 0.05) is 6.08 Å². The van der Waals surface area contributed by atoms with Gasteiger partial charge in [-0.05, 0) is 49.3 Å². The van der Waals surface area contributed by atoms with Crippen molar-refractivity contribution in [2.24, 2.45) is 0 Å². The average Bonchev–Trinajstić information content (AvgIpc) is 2.86. The Morgan fingerprint density at radius 3 is 2.68 bits per heavy atom. The monoisotopic (exact) mass is 260 g/mol. The lowest BCUT2D eigenvalue weighted by molar-refractivity contribution is -0.131. The Balaban J connectivity index is 1.70. The Hall–Kier alpha value is -1.97. The molecule has 1 aliphatic heterocycles. The Morgan fingerprint density at radius 1 is 1.21 bits per heavy atom. The van der Waals surface area contributed by atoms with Gasteiger partial charge in [0.2, 0.25) is 6.79 Å². The van der Waals surface area contributed by atoms with E-state index in [1.54, 1.807) is 0 Å². The van der Waals surface area contributed by atoms with Gasteiger partial charge in [0.1, 0.15) is 0 Å². The van der Waals surface area contributed by atoms with Crippen molar-refractivity contribution in [3.63, 3.8) is 0 Å². The van der Waals surface area contributed by atoms with E-state index in [0.717, 1.165) is 42.8 Å². The molecule has 1 fully saturated rings. The Bertz CT molecular complexity index is 523. The van der Waals surface area contributed by atoms with Crippen LogP contribution >= 0.6 is 0 Å². The third-order valence-corrected chi connectivity index (χ3v) is 3.82. The van der Waals surface area contributed by atoms with Crippen molar-refractivity contribution in [3.05, 3.63) is 35.4 Å². The number of ether oxygens (including phenoxy) is 2. The van der Waals surface area contributed by atoms with Crippen molar-refractivity contribution >= 4 is 5.97 Å². The highest BCUT2D eigenvalue weighted by atomic mass is 16.7. The number of carboxylic acids is 1. The Kier molecular flexibility index (Phi) is 3.15. The maximum atomic E-state index is 10.6. The molecular formula is C15H16O4. The minimum absolute atomic E-state index is 0.301. The summed E-state index contributed by atoms with van der Waals surface area (Å²) in [6, 6.07) is 6.10. The second-order valence-electron chi connectivity index (χ2n) is 5.03. The van der Waals surface area contributed by atoms with E-state index in [0.29, 0.717) is 12.7 Å². The lowest BCUT2D eigenvalue weighted by Crippen LogP contribution is -2.07. The van der Waals surface area contributed by atoms with Gasteiger partial charge in [0.05, 0.1) is 0 Å². The van der Waals surface area contributed by atoms with Gasteiger partial charge in [0.25, 0.3) is 0 Å². The van der Waals surface area contributed by atoms with Crippen LogP contribution in [0.15, 0.2) is 29.8 Å². The Morgan fingerprint density at radius 2 is 1.95 bits per heavy atom. The van der Waals surface area contributed by atoms with Gasteiger partial charge in [-0.2, -0.15) is 0 Å². The van der Waals surface area contributed by atoms with E-state index in [-0.39, 0.29) is 0 Å². The minimum Gasteiger partial charge on any atom is -0.478 e. The van der Waals surface area contributed by atoms with Crippen molar-refractivity contribution in [2.45, 2.75) is 31.6 Å². The fourth-order valence-corrected chi connectivity index (χ4v) is 2.81. The number of benzene rings is 1. The fourth-order valence-electron chi connectivity index (χ4n) is 2.81. The first-order chi connectivity index (χ1) is 9.22. The van der Waals surface area contributed by atoms with Crippen molar-refractivity contribution in [3.8, 4) is 11.5 Å². The number of carboxylic acid groups (broad SMARTS) is 1. The first-order valence-electron chi connectivity index (χ1n) is 6.54. The van der Waals surface area contributed by atoms with Crippen LogP contribution < -0.4 is 9.47 Å². The number of aliphatic carboxylic acids is 1. The lowest BCUT2D eigenvalue weighted by atomic mass is 9.81. The third-order valence-electron chi connectivity index (χ3n) is 3.82. The summed E-state index contributed by atoms with van der Waals surface area (Å²) in [5, 5.41) is 8.75. The molecular weight excluding hydrogens is 244 g/mol. The van der Waals surface area contributed by atoms with E-state index in [9.17, 15) is 4.79 Å². The summed E-state index contributed by atoms with van der Waals surface area (Å²) in [4.78, 5) is 10.6. The van der Waals surface area contributed by atoms with Gasteiger partial charge in [-0.25, -0.2) is 4.79 Å². The van der Waals surface area contributed by atoms with Crippen LogP contribution in [0.5, 0.6) is 11.5 Å². The summed E-state index contributed by atoms with van der Waals surface area (Å²) in [6.45, 7) is 0.301. The quantitative estimate of drug-likeness (QED) is 0.830. The van der Waals surface area contributed by atoms with Gasteiger partial charge >= 0.3 is 5.97 Å². The molecule has 4 nitrogen and oxygen atoms in total. The summed E-state index contributed by atoms with van der Waals surface area (Å²) >= 11 is 0. The molecule has 4 heteroatoms. The summed E-state index contributed by atoms with van der Waals surface area (Å²) < 4.78 is 10.7. The van der Waals surface area contributed by atoms with E-state index in [1.165, 1.54) is 11.6 Å². The number of hydrogen-bond donors (Lipinski definition) is 1. The largest absolute Gasteiger partial charge is 0.478 e. The maximum Gasteiger partial charge on any atom is 0.328 e. The van der Waals surface area contributed by atoms with Gasteiger partial charge in [-0.3, -0.25) is 0 Å². The highest BCUT2D eigenvalue weighted by molar-refractivity contribution is 5.80. The van der Waals surface area contributed by atoms with Crippen LogP contribution in [-0.4, -0.2) is 17.9 Å². The molecule has 0 spiro atoms. The molecule has 1 saturated carbocycles. The number of hydrogen-bond acceptors (Lipinski definition) is 3. The molecule has 1 aromatic carbocycles. The molecule has 0 atom stereocenters. The molecule has 0 unspecified atom stereocenters. The zero-order valence-corrected chi connectivity index (χ0v) is 10.6. The molecule has 0 aromatic heterocycles. The summed E-state index contributed by atoms with van der Waals surface area (Å²) in [7, 11) is 0.